The van der Waals surface area contributed by atoms with Crippen molar-refractivity contribution >= 4 is 5.91 Å². The molecule has 1 amide bonds. The number of amides is 1. The number of hydrogen-bond donors (Lipinski definition) is 1. The van der Waals surface area contributed by atoms with Crippen LogP contribution < -0.4 is 5.32 Å². The van der Waals surface area contributed by atoms with Crippen LogP contribution in [-0.2, 0) is 9.53 Å². The average Bonchev–Trinajstić information content (AvgIpc) is 2.84. The highest BCUT2D eigenvalue weighted by Crippen LogP contribution is 2.39. The van der Waals surface area contributed by atoms with Gasteiger partial charge < -0.3 is 15.0 Å². The highest BCUT2D eigenvalue weighted by molar-refractivity contribution is 5.87. The fourth-order valence-electron chi connectivity index (χ4n) is 3.59. The molecule has 2 heterocycles. The van der Waals surface area contributed by atoms with Crippen molar-refractivity contribution < 1.29 is 9.53 Å². The molecule has 0 aromatic heterocycles. The molecule has 0 saturated carbocycles. The summed E-state index contributed by atoms with van der Waals surface area (Å²) < 4.78 is 5.14. The molecule has 114 valence electrons. The number of benzene rings is 1. The van der Waals surface area contributed by atoms with Crippen molar-refractivity contribution in [2.75, 3.05) is 33.4 Å². The molecule has 2 aliphatic rings. The van der Waals surface area contributed by atoms with Gasteiger partial charge in [-0.15, -0.1) is 0 Å². The van der Waals surface area contributed by atoms with E-state index in [2.05, 4.69) is 22.3 Å². The van der Waals surface area contributed by atoms with Gasteiger partial charge in [0.1, 0.15) is 0 Å². The molecule has 3 rings (SSSR count). The first-order chi connectivity index (χ1) is 10.2. The Hall–Kier alpha value is -1.39. The molecule has 0 bridgehead atoms. The van der Waals surface area contributed by atoms with Crippen LogP contribution in [0.25, 0.3) is 0 Å². The van der Waals surface area contributed by atoms with Crippen molar-refractivity contribution in [3.8, 4) is 0 Å². The van der Waals surface area contributed by atoms with E-state index in [0.717, 1.165) is 51.1 Å². The normalized spacial score (nSPS) is 25.2. The van der Waals surface area contributed by atoms with E-state index in [0.29, 0.717) is 0 Å². The van der Waals surface area contributed by atoms with Crippen molar-refractivity contribution in [1.82, 2.24) is 10.2 Å². The van der Waals surface area contributed by atoms with E-state index in [1.807, 2.05) is 18.2 Å². The Balaban J connectivity index is 1.63. The molecule has 1 unspecified atom stereocenters. The fourth-order valence-corrected chi connectivity index (χ4v) is 3.59. The zero-order valence-electron chi connectivity index (χ0n) is 12.7. The smallest absolute Gasteiger partial charge is 0.228 e. The fraction of sp³-hybridized carbons (Fsp3) is 0.588. The lowest BCUT2D eigenvalue weighted by Crippen LogP contribution is -2.51. The molecule has 1 aromatic carbocycles. The van der Waals surface area contributed by atoms with Gasteiger partial charge in [-0.25, -0.2) is 0 Å². The van der Waals surface area contributed by atoms with Gasteiger partial charge in [-0.2, -0.15) is 0 Å². The lowest BCUT2D eigenvalue weighted by atomic mass is 9.82. The Morgan fingerprint density at radius 3 is 2.67 bits per heavy atom. The minimum atomic E-state index is 0.0150. The van der Waals surface area contributed by atoms with E-state index in [4.69, 9.17) is 4.74 Å². The SMILES string of the molecule is COCCN1CCC2(CC1)CC(c1ccccc1)C(=O)N2. The quantitative estimate of drug-likeness (QED) is 0.918. The van der Waals surface area contributed by atoms with Crippen molar-refractivity contribution in [2.24, 2.45) is 0 Å². The van der Waals surface area contributed by atoms with E-state index in [-0.39, 0.29) is 17.4 Å². The zero-order valence-corrected chi connectivity index (χ0v) is 12.7. The Morgan fingerprint density at radius 1 is 1.29 bits per heavy atom. The third kappa shape index (κ3) is 3.11. The number of carbonyl (C=O) groups is 1. The van der Waals surface area contributed by atoms with Crippen molar-refractivity contribution in [3.05, 3.63) is 35.9 Å². The number of ether oxygens (including phenoxy) is 1. The molecule has 0 radical (unpaired) electrons. The summed E-state index contributed by atoms with van der Waals surface area (Å²) in [5, 5.41) is 3.30. The summed E-state index contributed by atoms with van der Waals surface area (Å²) in [6.45, 7) is 3.87. The van der Waals surface area contributed by atoms with E-state index in [9.17, 15) is 4.79 Å². The summed E-state index contributed by atoms with van der Waals surface area (Å²) >= 11 is 0. The molecule has 2 fully saturated rings. The Labute approximate surface area is 126 Å². The van der Waals surface area contributed by atoms with Gasteiger partial charge in [0.05, 0.1) is 12.5 Å². The second-order valence-corrected chi connectivity index (χ2v) is 6.27. The third-order valence-electron chi connectivity index (χ3n) is 4.93. The highest BCUT2D eigenvalue weighted by atomic mass is 16.5. The maximum absolute atomic E-state index is 12.4. The first kappa shape index (κ1) is 14.5. The Kier molecular flexibility index (Phi) is 4.27. The Morgan fingerprint density at radius 2 is 2.00 bits per heavy atom. The van der Waals surface area contributed by atoms with Crippen molar-refractivity contribution in [2.45, 2.75) is 30.7 Å². The standard InChI is InChI=1S/C17H24N2O2/c1-21-12-11-19-9-7-17(8-10-19)13-15(16(20)18-17)14-5-3-2-4-6-14/h2-6,15H,7-13H2,1H3,(H,18,20). The summed E-state index contributed by atoms with van der Waals surface area (Å²) in [6, 6.07) is 10.2. The summed E-state index contributed by atoms with van der Waals surface area (Å²) in [4.78, 5) is 14.8. The molecule has 1 spiro atoms. The monoisotopic (exact) mass is 288 g/mol. The number of nitrogens with zero attached hydrogens (tertiary/aromatic N) is 1. The molecule has 2 aliphatic heterocycles. The van der Waals surface area contributed by atoms with Gasteiger partial charge in [0.15, 0.2) is 0 Å². The number of carbonyl (C=O) groups excluding carboxylic acids is 1. The van der Waals surface area contributed by atoms with Crippen LogP contribution in [0.4, 0.5) is 0 Å². The number of hydrogen-bond acceptors (Lipinski definition) is 3. The van der Waals surface area contributed by atoms with E-state index < -0.39 is 0 Å². The van der Waals surface area contributed by atoms with Crippen LogP contribution in [0.1, 0.15) is 30.7 Å². The number of likely N-dealkylation sites (tertiary alicyclic amines) is 1. The number of methoxy groups -OCH3 is 1. The predicted octanol–water partition coefficient (Wildman–Crippen LogP) is 1.77. The minimum Gasteiger partial charge on any atom is -0.383 e. The number of rotatable bonds is 4. The Bertz CT molecular complexity index is 481. The molecule has 2 saturated heterocycles. The summed E-state index contributed by atoms with van der Waals surface area (Å²) in [7, 11) is 1.74. The van der Waals surface area contributed by atoms with Crippen LogP contribution >= 0.6 is 0 Å². The largest absolute Gasteiger partial charge is 0.383 e. The zero-order chi connectivity index (χ0) is 14.7. The van der Waals surface area contributed by atoms with Crippen LogP contribution in [0, 0.1) is 0 Å². The summed E-state index contributed by atoms with van der Waals surface area (Å²) in [5.74, 6) is 0.225. The predicted molar refractivity (Wildman–Crippen MR) is 82.2 cm³/mol. The topological polar surface area (TPSA) is 41.6 Å². The van der Waals surface area contributed by atoms with Gasteiger partial charge in [-0.05, 0) is 24.8 Å². The molecular weight excluding hydrogens is 264 g/mol. The van der Waals surface area contributed by atoms with Crippen LogP contribution in [0.15, 0.2) is 30.3 Å². The molecule has 1 atom stereocenters. The van der Waals surface area contributed by atoms with Crippen LogP contribution in [0.3, 0.4) is 0 Å². The van der Waals surface area contributed by atoms with E-state index in [1.54, 1.807) is 7.11 Å². The van der Waals surface area contributed by atoms with E-state index in [1.165, 1.54) is 0 Å². The highest BCUT2D eigenvalue weighted by Gasteiger charge is 2.45. The summed E-state index contributed by atoms with van der Waals surface area (Å²) in [5.41, 5.74) is 1.16. The maximum Gasteiger partial charge on any atom is 0.228 e. The first-order valence-corrected chi connectivity index (χ1v) is 7.81. The first-order valence-electron chi connectivity index (χ1n) is 7.81. The molecular formula is C17H24N2O2. The molecule has 21 heavy (non-hydrogen) atoms. The summed E-state index contributed by atoms with van der Waals surface area (Å²) in [6.07, 6.45) is 3.03. The van der Waals surface area contributed by atoms with Crippen LogP contribution in [0.5, 0.6) is 0 Å². The average molecular weight is 288 g/mol. The minimum absolute atomic E-state index is 0.0150. The van der Waals surface area contributed by atoms with Crippen molar-refractivity contribution in [3.63, 3.8) is 0 Å². The van der Waals surface area contributed by atoms with Gasteiger partial charge >= 0.3 is 0 Å². The lowest BCUT2D eigenvalue weighted by Gasteiger charge is -2.39. The second-order valence-electron chi connectivity index (χ2n) is 6.27. The molecule has 0 aliphatic carbocycles. The van der Waals surface area contributed by atoms with Crippen molar-refractivity contribution in [1.29, 1.82) is 0 Å². The molecule has 4 nitrogen and oxygen atoms in total. The second kappa shape index (κ2) is 6.16. The van der Waals surface area contributed by atoms with Gasteiger partial charge in [0, 0.05) is 32.3 Å². The molecule has 4 heteroatoms. The molecule has 1 aromatic rings. The van der Waals surface area contributed by atoms with Crippen LogP contribution in [0.2, 0.25) is 0 Å². The third-order valence-corrected chi connectivity index (χ3v) is 4.93. The van der Waals surface area contributed by atoms with Crippen LogP contribution in [-0.4, -0.2) is 49.7 Å². The van der Waals surface area contributed by atoms with Gasteiger partial charge in [0.25, 0.3) is 0 Å². The van der Waals surface area contributed by atoms with E-state index >= 15 is 0 Å². The van der Waals surface area contributed by atoms with Gasteiger partial charge in [-0.3, -0.25) is 4.79 Å². The maximum atomic E-state index is 12.4. The lowest BCUT2D eigenvalue weighted by molar-refractivity contribution is -0.121. The molecule has 1 N–H and O–H groups in total. The van der Waals surface area contributed by atoms with Gasteiger partial charge in [-0.1, -0.05) is 30.3 Å². The van der Waals surface area contributed by atoms with Gasteiger partial charge in [0.2, 0.25) is 5.91 Å². The number of piperidine rings is 1. The number of nitrogens with one attached hydrogen (secondary N) is 1.